The molecule has 0 saturated carbocycles. The average molecular weight is 350 g/mol. The molecule has 2 aromatic carbocycles. The molecular formula is C22H26N2O2. The molecule has 0 amide bonds. The van der Waals surface area contributed by atoms with Crippen molar-refractivity contribution in [2.24, 2.45) is 0 Å². The second-order valence-electron chi connectivity index (χ2n) is 6.85. The second kappa shape index (κ2) is 7.75. The fourth-order valence-corrected chi connectivity index (χ4v) is 3.34. The van der Waals surface area contributed by atoms with E-state index in [1.54, 1.807) is 0 Å². The van der Waals surface area contributed by atoms with E-state index in [0.717, 1.165) is 28.5 Å². The number of carboxylic acid groups (broad SMARTS) is 1. The number of carbonyl (C=O) groups is 1. The maximum absolute atomic E-state index is 12.2. The summed E-state index contributed by atoms with van der Waals surface area (Å²) < 4.78 is 1.94. The van der Waals surface area contributed by atoms with Crippen molar-refractivity contribution in [1.82, 2.24) is 9.88 Å². The number of aromatic carboxylic acids is 1. The highest BCUT2D eigenvalue weighted by atomic mass is 16.4. The zero-order chi connectivity index (χ0) is 18.7. The van der Waals surface area contributed by atoms with Crippen molar-refractivity contribution < 1.29 is 9.90 Å². The van der Waals surface area contributed by atoms with Crippen LogP contribution in [0.2, 0.25) is 0 Å². The topological polar surface area (TPSA) is 54.3 Å². The summed E-state index contributed by atoms with van der Waals surface area (Å²) in [6.07, 6.45) is 1.00. The summed E-state index contributed by atoms with van der Waals surface area (Å²) >= 11 is 0. The zero-order valence-electron chi connectivity index (χ0n) is 15.6. The van der Waals surface area contributed by atoms with Gasteiger partial charge in [-0.15, -0.1) is 0 Å². The van der Waals surface area contributed by atoms with Crippen LogP contribution >= 0.6 is 0 Å². The first-order valence-corrected chi connectivity index (χ1v) is 9.14. The van der Waals surface area contributed by atoms with E-state index in [0.29, 0.717) is 24.8 Å². The van der Waals surface area contributed by atoms with Gasteiger partial charge in [0.05, 0.1) is 0 Å². The lowest BCUT2D eigenvalue weighted by Crippen LogP contribution is -2.25. The molecular weight excluding hydrogens is 324 g/mol. The smallest absolute Gasteiger partial charge is 0.352 e. The second-order valence-corrected chi connectivity index (χ2v) is 6.85. The van der Waals surface area contributed by atoms with Crippen molar-refractivity contribution in [2.45, 2.75) is 46.3 Å². The Labute approximate surface area is 154 Å². The van der Waals surface area contributed by atoms with Crippen LogP contribution in [0.25, 0.3) is 10.9 Å². The first kappa shape index (κ1) is 18.2. The molecule has 2 N–H and O–H groups in total. The lowest BCUT2D eigenvalue weighted by atomic mass is 10.1. The highest BCUT2D eigenvalue weighted by molar-refractivity contribution is 5.98. The predicted molar refractivity (Wildman–Crippen MR) is 106 cm³/mol. The fourth-order valence-electron chi connectivity index (χ4n) is 3.34. The third-order valence-electron chi connectivity index (χ3n) is 5.11. The standard InChI is InChI=1S/C22H26N2O2/c1-4-16(3)23-13-19-18-11-7-8-12-20(18)24(21(19)22(25)26)14-17-10-6-5-9-15(17)2/h5-12,16,23H,4,13-14H2,1-3H3,(H,25,26). The normalized spacial score (nSPS) is 12.4. The molecule has 4 heteroatoms. The molecule has 0 fully saturated rings. The van der Waals surface area contributed by atoms with Crippen molar-refractivity contribution in [3.63, 3.8) is 0 Å². The van der Waals surface area contributed by atoms with E-state index in [2.05, 4.69) is 38.2 Å². The van der Waals surface area contributed by atoms with Crippen LogP contribution in [0.5, 0.6) is 0 Å². The highest BCUT2D eigenvalue weighted by Gasteiger charge is 2.22. The molecule has 0 radical (unpaired) electrons. The molecule has 3 rings (SSSR count). The molecule has 26 heavy (non-hydrogen) atoms. The van der Waals surface area contributed by atoms with Crippen LogP contribution in [-0.4, -0.2) is 21.7 Å². The van der Waals surface area contributed by atoms with Crippen molar-refractivity contribution in [2.75, 3.05) is 0 Å². The summed E-state index contributed by atoms with van der Waals surface area (Å²) in [4.78, 5) is 12.2. The quantitative estimate of drug-likeness (QED) is 0.655. The molecule has 0 aliphatic heterocycles. The maximum Gasteiger partial charge on any atom is 0.352 e. The lowest BCUT2D eigenvalue weighted by molar-refractivity contribution is 0.0684. The fraction of sp³-hybridized carbons (Fsp3) is 0.318. The van der Waals surface area contributed by atoms with Crippen LogP contribution < -0.4 is 5.32 Å². The minimum Gasteiger partial charge on any atom is -0.477 e. The number of aryl methyl sites for hydroxylation is 1. The van der Waals surface area contributed by atoms with Crippen LogP contribution in [0.4, 0.5) is 0 Å². The van der Waals surface area contributed by atoms with E-state index in [9.17, 15) is 9.90 Å². The number of carboxylic acids is 1. The molecule has 0 saturated heterocycles. The molecule has 3 aromatic rings. The number of nitrogens with zero attached hydrogens (tertiary/aromatic N) is 1. The lowest BCUT2D eigenvalue weighted by Gasteiger charge is -2.13. The largest absolute Gasteiger partial charge is 0.477 e. The Morgan fingerprint density at radius 3 is 2.54 bits per heavy atom. The van der Waals surface area contributed by atoms with Crippen molar-refractivity contribution in [3.8, 4) is 0 Å². The third kappa shape index (κ3) is 3.51. The summed E-state index contributed by atoms with van der Waals surface area (Å²) in [6.45, 7) is 7.41. The van der Waals surface area contributed by atoms with E-state index < -0.39 is 5.97 Å². The van der Waals surface area contributed by atoms with E-state index >= 15 is 0 Å². The minimum atomic E-state index is -0.879. The Morgan fingerprint density at radius 2 is 1.85 bits per heavy atom. The predicted octanol–water partition coefficient (Wildman–Crippen LogP) is 4.58. The molecule has 4 nitrogen and oxygen atoms in total. The Morgan fingerprint density at radius 1 is 1.15 bits per heavy atom. The van der Waals surface area contributed by atoms with Crippen molar-refractivity contribution >= 4 is 16.9 Å². The van der Waals surface area contributed by atoms with E-state index in [1.807, 2.05) is 41.0 Å². The maximum atomic E-state index is 12.2. The van der Waals surface area contributed by atoms with Gasteiger partial charge in [-0.05, 0) is 37.5 Å². The van der Waals surface area contributed by atoms with Crippen LogP contribution in [-0.2, 0) is 13.1 Å². The molecule has 0 spiro atoms. The Kier molecular flexibility index (Phi) is 5.43. The van der Waals surface area contributed by atoms with Crippen molar-refractivity contribution in [1.29, 1.82) is 0 Å². The Hall–Kier alpha value is -2.59. The SMILES string of the molecule is CCC(C)NCc1c(C(=O)O)n(Cc2ccccc2C)c2ccccc12. The highest BCUT2D eigenvalue weighted by Crippen LogP contribution is 2.28. The van der Waals surface area contributed by atoms with Gasteiger partial charge in [0.1, 0.15) is 5.69 Å². The number of fused-ring (bicyclic) bond motifs is 1. The first-order valence-electron chi connectivity index (χ1n) is 9.14. The van der Waals surface area contributed by atoms with Crippen LogP contribution in [0.15, 0.2) is 48.5 Å². The summed E-state index contributed by atoms with van der Waals surface area (Å²) in [5.74, 6) is -0.879. The van der Waals surface area contributed by atoms with Gasteiger partial charge in [0.15, 0.2) is 0 Å². The Bertz CT molecular complexity index is 927. The number of hydrogen-bond donors (Lipinski definition) is 2. The molecule has 1 heterocycles. The monoisotopic (exact) mass is 350 g/mol. The van der Waals surface area contributed by atoms with Gasteiger partial charge in [-0.2, -0.15) is 0 Å². The van der Waals surface area contributed by atoms with Gasteiger partial charge in [0.25, 0.3) is 0 Å². The van der Waals surface area contributed by atoms with Gasteiger partial charge in [0, 0.05) is 35.6 Å². The number of hydrogen-bond acceptors (Lipinski definition) is 2. The van der Waals surface area contributed by atoms with Gasteiger partial charge in [-0.3, -0.25) is 0 Å². The van der Waals surface area contributed by atoms with Gasteiger partial charge in [0.2, 0.25) is 0 Å². The molecule has 1 atom stereocenters. The van der Waals surface area contributed by atoms with E-state index in [-0.39, 0.29) is 0 Å². The number of benzene rings is 2. The molecule has 136 valence electrons. The summed E-state index contributed by atoms with van der Waals surface area (Å²) in [6, 6.07) is 16.4. The van der Waals surface area contributed by atoms with Crippen LogP contribution in [0.3, 0.4) is 0 Å². The van der Waals surface area contributed by atoms with Gasteiger partial charge >= 0.3 is 5.97 Å². The molecule has 0 aliphatic carbocycles. The Balaban J connectivity index is 2.13. The molecule has 0 aliphatic rings. The average Bonchev–Trinajstić information content (AvgIpc) is 2.95. The van der Waals surface area contributed by atoms with Crippen LogP contribution in [0.1, 0.15) is 47.4 Å². The van der Waals surface area contributed by atoms with Gasteiger partial charge in [-0.1, -0.05) is 49.4 Å². The van der Waals surface area contributed by atoms with Crippen LogP contribution in [0, 0.1) is 6.92 Å². The van der Waals surface area contributed by atoms with E-state index in [4.69, 9.17) is 0 Å². The summed E-state index contributed by atoms with van der Waals surface area (Å²) in [5, 5.41) is 14.4. The summed E-state index contributed by atoms with van der Waals surface area (Å²) in [5.41, 5.74) is 4.51. The molecule has 1 unspecified atom stereocenters. The minimum absolute atomic E-state index is 0.343. The number of aromatic nitrogens is 1. The summed E-state index contributed by atoms with van der Waals surface area (Å²) in [7, 11) is 0. The van der Waals surface area contributed by atoms with Gasteiger partial charge in [-0.25, -0.2) is 4.79 Å². The van der Waals surface area contributed by atoms with E-state index in [1.165, 1.54) is 5.56 Å². The third-order valence-corrected chi connectivity index (χ3v) is 5.11. The first-order chi connectivity index (χ1) is 12.5. The molecule has 0 bridgehead atoms. The number of nitrogens with one attached hydrogen (secondary N) is 1. The van der Waals surface area contributed by atoms with Gasteiger partial charge < -0.3 is 15.0 Å². The number of rotatable bonds is 7. The zero-order valence-corrected chi connectivity index (χ0v) is 15.6. The molecule has 1 aromatic heterocycles. The van der Waals surface area contributed by atoms with Crippen molar-refractivity contribution in [3.05, 3.63) is 70.9 Å². The number of para-hydroxylation sites is 1.